The van der Waals surface area contributed by atoms with Gasteiger partial charge in [-0.25, -0.2) is 0 Å². The SMILES string of the molecule is O=C(O)C1(C(=O)N(c2ccc(O)cc2)c2ccc(O)cc2)CCCCC1. The molecule has 0 heterocycles. The van der Waals surface area contributed by atoms with Crippen LogP contribution in [0, 0.1) is 5.41 Å². The summed E-state index contributed by atoms with van der Waals surface area (Å²) in [6, 6.07) is 12.1. The molecule has 0 atom stereocenters. The molecule has 0 radical (unpaired) electrons. The number of rotatable bonds is 4. The number of phenols is 2. The van der Waals surface area contributed by atoms with Gasteiger partial charge < -0.3 is 15.3 Å². The Labute approximate surface area is 151 Å². The zero-order chi connectivity index (χ0) is 18.7. The van der Waals surface area contributed by atoms with Crippen LogP contribution >= 0.6 is 0 Å². The molecular weight excluding hydrogens is 334 g/mol. The monoisotopic (exact) mass is 355 g/mol. The average molecular weight is 355 g/mol. The molecule has 2 aromatic carbocycles. The molecule has 0 spiro atoms. The first-order chi connectivity index (χ1) is 12.4. The predicted octanol–water partition coefficient (Wildman–Crippen LogP) is 3.80. The van der Waals surface area contributed by atoms with Crippen molar-refractivity contribution in [1.82, 2.24) is 0 Å². The van der Waals surface area contributed by atoms with Crippen LogP contribution in [0.25, 0.3) is 0 Å². The van der Waals surface area contributed by atoms with E-state index in [-0.39, 0.29) is 11.5 Å². The van der Waals surface area contributed by atoms with Crippen molar-refractivity contribution in [2.45, 2.75) is 32.1 Å². The topological polar surface area (TPSA) is 98.1 Å². The molecule has 0 saturated heterocycles. The van der Waals surface area contributed by atoms with Gasteiger partial charge in [0, 0.05) is 11.4 Å². The van der Waals surface area contributed by atoms with Gasteiger partial charge in [0.25, 0.3) is 0 Å². The van der Waals surface area contributed by atoms with E-state index in [0.717, 1.165) is 6.42 Å². The van der Waals surface area contributed by atoms with Crippen molar-refractivity contribution >= 4 is 23.3 Å². The third-order valence-corrected chi connectivity index (χ3v) is 4.94. The summed E-state index contributed by atoms with van der Waals surface area (Å²) in [7, 11) is 0. The molecule has 1 saturated carbocycles. The summed E-state index contributed by atoms with van der Waals surface area (Å²) in [4.78, 5) is 26.9. The molecule has 6 nitrogen and oxygen atoms in total. The zero-order valence-electron chi connectivity index (χ0n) is 14.3. The Balaban J connectivity index is 2.09. The molecule has 2 aromatic rings. The minimum atomic E-state index is -1.46. The van der Waals surface area contributed by atoms with Crippen LogP contribution in [0.5, 0.6) is 11.5 Å². The van der Waals surface area contributed by atoms with E-state index < -0.39 is 17.3 Å². The maximum absolute atomic E-state index is 13.5. The zero-order valence-corrected chi connectivity index (χ0v) is 14.3. The number of anilines is 2. The maximum Gasteiger partial charge on any atom is 0.319 e. The Morgan fingerprint density at radius 1 is 0.769 bits per heavy atom. The lowest BCUT2D eigenvalue weighted by molar-refractivity contribution is -0.156. The highest BCUT2D eigenvalue weighted by Crippen LogP contribution is 2.42. The van der Waals surface area contributed by atoms with Gasteiger partial charge in [-0.1, -0.05) is 19.3 Å². The number of carboxylic acid groups (broad SMARTS) is 1. The summed E-state index contributed by atoms with van der Waals surface area (Å²) >= 11 is 0. The Bertz CT molecular complexity index is 746. The molecule has 0 aliphatic heterocycles. The molecule has 3 N–H and O–H groups in total. The fourth-order valence-corrected chi connectivity index (χ4v) is 3.48. The van der Waals surface area contributed by atoms with Crippen LogP contribution in [-0.4, -0.2) is 27.2 Å². The van der Waals surface area contributed by atoms with E-state index in [1.54, 1.807) is 24.3 Å². The van der Waals surface area contributed by atoms with Gasteiger partial charge in [-0.3, -0.25) is 14.5 Å². The van der Waals surface area contributed by atoms with Crippen LogP contribution < -0.4 is 4.90 Å². The summed E-state index contributed by atoms with van der Waals surface area (Å²) < 4.78 is 0. The van der Waals surface area contributed by atoms with Gasteiger partial charge in [-0.05, 0) is 61.4 Å². The van der Waals surface area contributed by atoms with E-state index in [9.17, 15) is 24.9 Å². The van der Waals surface area contributed by atoms with Crippen molar-refractivity contribution in [2.24, 2.45) is 5.41 Å². The number of hydrogen-bond donors (Lipinski definition) is 3. The van der Waals surface area contributed by atoms with Gasteiger partial charge in [0.15, 0.2) is 0 Å². The summed E-state index contributed by atoms with van der Waals surface area (Å²) in [5.74, 6) is -1.50. The lowest BCUT2D eigenvalue weighted by Gasteiger charge is -2.36. The standard InChI is InChI=1S/C20H21NO5/c22-16-8-4-14(5-9-16)21(15-6-10-17(23)11-7-15)18(24)20(19(25)26)12-2-1-3-13-20/h4-11,22-23H,1-3,12-13H2,(H,25,26). The molecule has 1 fully saturated rings. The number of carboxylic acids is 1. The predicted molar refractivity (Wildman–Crippen MR) is 96.5 cm³/mol. The molecule has 3 rings (SSSR count). The highest BCUT2D eigenvalue weighted by Gasteiger charge is 2.49. The minimum Gasteiger partial charge on any atom is -0.508 e. The molecule has 26 heavy (non-hydrogen) atoms. The average Bonchev–Trinajstić information content (AvgIpc) is 2.65. The first-order valence-electron chi connectivity index (χ1n) is 8.60. The molecule has 0 bridgehead atoms. The van der Waals surface area contributed by atoms with Crippen molar-refractivity contribution in [2.75, 3.05) is 4.90 Å². The molecule has 136 valence electrons. The number of carbonyl (C=O) groups is 2. The second-order valence-electron chi connectivity index (χ2n) is 6.62. The van der Waals surface area contributed by atoms with Gasteiger partial charge in [0.1, 0.15) is 16.9 Å². The Morgan fingerprint density at radius 2 is 1.19 bits per heavy atom. The van der Waals surface area contributed by atoms with Gasteiger partial charge in [-0.15, -0.1) is 0 Å². The molecule has 1 amide bonds. The smallest absolute Gasteiger partial charge is 0.319 e. The van der Waals surface area contributed by atoms with Crippen molar-refractivity contribution in [3.05, 3.63) is 48.5 Å². The number of nitrogens with zero attached hydrogens (tertiary/aromatic N) is 1. The van der Waals surface area contributed by atoms with Gasteiger partial charge in [-0.2, -0.15) is 0 Å². The van der Waals surface area contributed by atoms with E-state index in [1.807, 2.05) is 0 Å². The fourth-order valence-electron chi connectivity index (χ4n) is 3.48. The van der Waals surface area contributed by atoms with E-state index in [0.29, 0.717) is 37.1 Å². The molecule has 0 aromatic heterocycles. The van der Waals surface area contributed by atoms with Crippen molar-refractivity contribution in [3.8, 4) is 11.5 Å². The summed E-state index contributed by atoms with van der Waals surface area (Å²) in [6.07, 6.45) is 2.90. The van der Waals surface area contributed by atoms with Crippen LogP contribution in [-0.2, 0) is 9.59 Å². The number of aromatic hydroxyl groups is 2. The Hall–Kier alpha value is -3.02. The number of amides is 1. The lowest BCUT2D eigenvalue weighted by Crippen LogP contribution is -2.48. The van der Waals surface area contributed by atoms with Gasteiger partial charge in [0.2, 0.25) is 5.91 Å². The minimum absolute atomic E-state index is 0.0532. The lowest BCUT2D eigenvalue weighted by atomic mass is 9.73. The van der Waals surface area contributed by atoms with Crippen LogP contribution in [0.3, 0.4) is 0 Å². The van der Waals surface area contributed by atoms with Crippen molar-refractivity contribution < 1.29 is 24.9 Å². The first kappa shape index (κ1) is 17.8. The fraction of sp³-hybridized carbons (Fsp3) is 0.300. The number of benzene rings is 2. The quantitative estimate of drug-likeness (QED) is 0.725. The van der Waals surface area contributed by atoms with E-state index in [1.165, 1.54) is 29.2 Å². The Morgan fingerprint density at radius 3 is 1.58 bits per heavy atom. The number of carbonyl (C=O) groups excluding carboxylic acids is 1. The van der Waals surface area contributed by atoms with Crippen LogP contribution in [0.4, 0.5) is 11.4 Å². The molecule has 1 aliphatic carbocycles. The van der Waals surface area contributed by atoms with Crippen LogP contribution in [0.2, 0.25) is 0 Å². The van der Waals surface area contributed by atoms with Crippen molar-refractivity contribution in [3.63, 3.8) is 0 Å². The number of hydrogen-bond acceptors (Lipinski definition) is 4. The van der Waals surface area contributed by atoms with Crippen LogP contribution in [0.15, 0.2) is 48.5 Å². The molecule has 6 heteroatoms. The summed E-state index contributed by atoms with van der Waals surface area (Å²) in [5, 5.41) is 28.9. The van der Waals surface area contributed by atoms with E-state index >= 15 is 0 Å². The molecule has 0 unspecified atom stereocenters. The molecular formula is C20H21NO5. The molecule has 1 aliphatic rings. The van der Waals surface area contributed by atoms with E-state index in [2.05, 4.69) is 0 Å². The van der Waals surface area contributed by atoms with Crippen LogP contribution in [0.1, 0.15) is 32.1 Å². The summed E-state index contributed by atoms with van der Waals surface area (Å²) in [6.45, 7) is 0. The third-order valence-electron chi connectivity index (χ3n) is 4.94. The first-order valence-corrected chi connectivity index (χ1v) is 8.60. The second-order valence-corrected chi connectivity index (χ2v) is 6.62. The largest absolute Gasteiger partial charge is 0.508 e. The number of phenolic OH excluding ortho intramolecular Hbond substituents is 2. The highest BCUT2D eigenvalue weighted by atomic mass is 16.4. The maximum atomic E-state index is 13.5. The normalized spacial score (nSPS) is 16.0. The van der Waals surface area contributed by atoms with Crippen molar-refractivity contribution in [1.29, 1.82) is 0 Å². The highest BCUT2D eigenvalue weighted by molar-refractivity contribution is 6.13. The van der Waals surface area contributed by atoms with Gasteiger partial charge >= 0.3 is 5.97 Å². The third kappa shape index (κ3) is 3.22. The van der Waals surface area contributed by atoms with Gasteiger partial charge in [0.05, 0.1) is 0 Å². The Kier molecular flexibility index (Phi) is 4.84. The second kappa shape index (κ2) is 7.07. The number of aliphatic carboxylic acids is 1. The summed E-state index contributed by atoms with van der Waals surface area (Å²) in [5.41, 5.74) is -0.539. The van der Waals surface area contributed by atoms with E-state index in [4.69, 9.17) is 0 Å².